The monoisotopic (exact) mass is 383 g/mol. The highest BCUT2D eigenvalue weighted by molar-refractivity contribution is 6.35. The van der Waals surface area contributed by atoms with E-state index in [0.29, 0.717) is 16.5 Å². The zero-order valence-corrected chi connectivity index (χ0v) is 15.9. The Hall–Kier alpha value is -1.26. The molecule has 0 radical (unpaired) electrons. The van der Waals surface area contributed by atoms with Gasteiger partial charge in [0.2, 0.25) is 5.91 Å². The highest BCUT2D eigenvalue weighted by atomic mass is 35.5. The number of carbonyl (C=O) groups excluding carboxylic acids is 2. The average molecular weight is 384 g/mol. The number of carbonyl (C=O) groups is 2. The van der Waals surface area contributed by atoms with Gasteiger partial charge in [0, 0.05) is 28.5 Å². The minimum absolute atomic E-state index is 0.0115. The first-order valence-electron chi connectivity index (χ1n) is 8.82. The number of rotatable bonds is 4. The lowest BCUT2D eigenvalue weighted by Gasteiger charge is -2.34. The fourth-order valence-corrected chi connectivity index (χ4v) is 4.54. The van der Waals surface area contributed by atoms with Gasteiger partial charge in [-0.25, -0.2) is 0 Å². The number of esters is 1. The summed E-state index contributed by atoms with van der Waals surface area (Å²) in [5.74, 6) is 0.0635. The van der Waals surface area contributed by atoms with Gasteiger partial charge < -0.3 is 9.64 Å². The molecular weight excluding hydrogens is 361 g/mol. The van der Waals surface area contributed by atoms with Crippen molar-refractivity contribution in [2.75, 3.05) is 13.7 Å². The summed E-state index contributed by atoms with van der Waals surface area (Å²) in [6.07, 6.45) is 4.86. The van der Waals surface area contributed by atoms with Crippen molar-refractivity contribution in [3.63, 3.8) is 0 Å². The minimum Gasteiger partial charge on any atom is -0.469 e. The molecule has 0 aromatic heterocycles. The lowest BCUT2D eigenvalue weighted by atomic mass is 9.85. The van der Waals surface area contributed by atoms with Crippen LogP contribution in [0.5, 0.6) is 0 Å². The number of amides is 1. The van der Waals surface area contributed by atoms with Crippen LogP contribution < -0.4 is 0 Å². The van der Waals surface area contributed by atoms with Crippen molar-refractivity contribution in [3.8, 4) is 0 Å². The molecule has 2 aliphatic rings. The second-order valence-corrected chi connectivity index (χ2v) is 7.83. The highest BCUT2D eigenvalue weighted by Gasteiger charge is 2.38. The zero-order chi connectivity index (χ0) is 18.0. The molecule has 6 heteroatoms. The molecule has 0 spiro atoms. The largest absolute Gasteiger partial charge is 0.469 e. The van der Waals surface area contributed by atoms with Crippen LogP contribution in [0.25, 0.3) is 0 Å². The number of methoxy groups -OCH3 is 1. The van der Waals surface area contributed by atoms with Gasteiger partial charge in [-0.3, -0.25) is 9.59 Å². The van der Waals surface area contributed by atoms with E-state index < -0.39 is 0 Å². The van der Waals surface area contributed by atoms with Crippen molar-refractivity contribution in [2.45, 2.75) is 44.6 Å². The van der Waals surface area contributed by atoms with Gasteiger partial charge in [0.05, 0.1) is 13.0 Å². The number of likely N-dealkylation sites (tertiary alicyclic amines) is 1. The molecule has 1 amide bonds. The Kier molecular flexibility index (Phi) is 5.90. The molecule has 25 heavy (non-hydrogen) atoms. The summed E-state index contributed by atoms with van der Waals surface area (Å²) < 4.78 is 4.83. The predicted molar refractivity (Wildman–Crippen MR) is 97.7 cm³/mol. The van der Waals surface area contributed by atoms with Crippen LogP contribution in [0, 0.1) is 11.8 Å². The van der Waals surface area contributed by atoms with Crippen LogP contribution in [-0.2, 0) is 20.7 Å². The van der Waals surface area contributed by atoms with Crippen molar-refractivity contribution in [1.29, 1.82) is 0 Å². The van der Waals surface area contributed by atoms with Gasteiger partial charge in [0.15, 0.2) is 0 Å². The van der Waals surface area contributed by atoms with Gasteiger partial charge in [-0.15, -0.1) is 0 Å². The van der Waals surface area contributed by atoms with E-state index in [4.69, 9.17) is 27.9 Å². The van der Waals surface area contributed by atoms with Crippen LogP contribution in [0.15, 0.2) is 18.2 Å². The second kappa shape index (κ2) is 7.96. The van der Waals surface area contributed by atoms with Gasteiger partial charge >= 0.3 is 5.97 Å². The van der Waals surface area contributed by atoms with Crippen LogP contribution in [-0.4, -0.2) is 36.5 Å². The molecule has 4 nitrogen and oxygen atoms in total. The number of hydrogen-bond acceptors (Lipinski definition) is 3. The molecule has 1 aromatic carbocycles. The smallest absolute Gasteiger partial charge is 0.308 e. The third-order valence-electron chi connectivity index (χ3n) is 5.50. The maximum Gasteiger partial charge on any atom is 0.308 e. The van der Waals surface area contributed by atoms with E-state index in [1.165, 1.54) is 7.11 Å². The molecule has 1 saturated heterocycles. The SMILES string of the molecule is COC(=O)C1CCC(N2CCC(Cc3ccc(Cl)cc3Cl)C2=O)CC1. The highest BCUT2D eigenvalue weighted by Crippen LogP contribution is 2.34. The molecular formula is C19H23Cl2NO3. The standard InChI is InChI=1S/C19H23Cl2NO3/c1-25-19(24)12-3-6-16(7-4-12)22-9-8-14(18(22)23)10-13-2-5-15(20)11-17(13)21/h2,5,11-12,14,16H,3-4,6-10H2,1H3. The van der Waals surface area contributed by atoms with E-state index in [1.54, 1.807) is 6.07 Å². The van der Waals surface area contributed by atoms with Crippen molar-refractivity contribution in [2.24, 2.45) is 11.8 Å². The van der Waals surface area contributed by atoms with E-state index in [2.05, 4.69) is 0 Å². The quantitative estimate of drug-likeness (QED) is 0.734. The summed E-state index contributed by atoms with van der Waals surface area (Å²) in [4.78, 5) is 26.5. The Morgan fingerprint density at radius 1 is 1.20 bits per heavy atom. The van der Waals surface area contributed by atoms with Crippen molar-refractivity contribution >= 4 is 35.1 Å². The number of benzene rings is 1. The molecule has 0 bridgehead atoms. The first-order valence-corrected chi connectivity index (χ1v) is 9.57. The van der Waals surface area contributed by atoms with Crippen LogP contribution in [0.3, 0.4) is 0 Å². The van der Waals surface area contributed by atoms with Gasteiger partial charge in [0.25, 0.3) is 0 Å². The molecule has 0 N–H and O–H groups in total. The van der Waals surface area contributed by atoms with Crippen LogP contribution in [0.1, 0.15) is 37.7 Å². The molecule has 3 rings (SSSR count). The Bertz CT molecular complexity index is 656. The van der Waals surface area contributed by atoms with Crippen LogP contribution in [0.4, 0.5) is 0 Å². The summed E-state index contributed by atoms with van der Waals surface area (Å²) >= 11 is 12.2. The van der Waals surface area contributed by atoms with Gasteiger partial charge in [-0.2, -0.15) is 0 Å². The molecule has 1 heterocycles. The molecule has 1 aliphatic heterocycles. The lowest BCUT2D eigenvalue weighted by molar-refractivity contribution is -0.147. The van der Waals surface area contributed by atoms with Crippen LogP contribution in [0.2, 0.25) is 10.0 Å². The summed E-state index contributed by atoms with van der Waals surface area (Å²) in [5, 5.41) is 1.23. The average Bonchev–Trinajstić information content (AvgIpc) is 2.97. The van der Waals surface area contributed by atoms with Crippen molar-refractivity contribution in [3.05, 3.63) is 33.8 Å². The molecule has 1 aromatic rings. The third kappa shape index (κ3) is 4.12. The molecule has 1 atom stereocenters. The molecule has 1 saturated carbocycles. The van der Waals surface area contributed by atoms with E-state index >= 15 is 0 Å². The second-order valence-electron chi connectivity index (χ2n) is 6.99. The van der Waals surface area contributed by atoms with Gasteiger partial charge in [-0.1, -0.05) is 29.3 Å². The van der Waals surface area contributed by atoms with Crippen molar-refractivity contribution < 1.29 is 14.3 Å². The Morgan fingerprint density at radius 3 is 2.56 bits per heavy atom. The number of nitrogens with zero attached hydrogens (tertiary/aromatic N) is 1. The summed E-state index contributed by atoms with van der Waals surface area (Å²) in [6, 6.07) is 5.69. The predicted octanol–water partition coefficient (Wildman–Crippen LogP) is 4.12. The molecule has 2 fully saturated rings. The van der Waals surface area contributed by atoms with Gasteiger partial charge in [-0.05, 0) is 56.2 Å². The molecule has 1 unspecified atom stereocenters. The van der Waals surface area contributed by atoms with E-state index in [0.717, 1.165) is 44.2 Å². The molecule has 1 aliphatic carbocycles. The molecule has 136 valence electrons. The number of hydrogen-bond donors (Lipinski definition) is 0. The van der Waals surface area contributed by atoms with E-state index in [-0.39, 0.29) is 29.8 Å². The summed E-state index contributed by atoms with van der Waals surface area (Å²) in [6.45, 7) is 0.794. The fraction of sp³-hybridized carbons (Fsp3) is 0.579. The normalized spacial score (nSPS) is 26.8. The van der Waals surface area contributed by atoms with E-state index in [9.17, 15) is 9.59 Å². The third-order valence-corrected chi connectivity index (χ3v) is 6.09. The zero-order valence-electron chi connectivity index (χ0n) is 14.3. The Morgan fingerprint density at radius 2 is 1.92 bits per heavy atom. The number of halogens is 2. The maximum atomic E-state index is 12.8. The van der Waals surface area contributed by atoms with Gasteiger partial charge in [0.1, 0.15) is 0 Å². The first-order chi connectivity index (χ1) is 12.0. The lowest BCUT2D eigenvalue weighted by Crippen LogP contribution is -2.41. The van der Waals surface area contributed by atoms with Crippen LogP contribution >= 0.6 is 23.2 Å². The maximum absolute atomic E-state index is 12.8. The topological polar surface area (TPSA) is 46.6 Å². The Balaban J connectivity index is 1.58. The fourth-order valence-electron chi connectivity index (χ4n) is 4.06. The summed E-state index contributed by atoms with van der Waals surface area (Å²) in [7, 11) is 1.44. The van der Waals surface area contributed by atoms with E-state index in [1.807, 2.05) is 17.0 Å². The first kappa shape index (κ1) is 18.5. The Labute approximate surface area is 158 Å². The number of ether oxygens (including phenoxy) is 1. The summed E-state index contributed by atoms with van der Waals surface area (Å²) in [5.41, 5.74) is 0.973. The minimum atomic E-state index is -0.124. The van der Waals surface area contributed by atoms with Crippen molar-refractivity contribution in [1.82, 2.24) is 4.90 Å².